The molecule has 0 spiro atoms. The van der Waals surface area contributed by atoms with Crippen LogP contribution in [0.15, 0.2) is 36.7 Å². The SMILES string of the molecule is CCN(Cc1ccccc1)C1CCC(Oc2ncnc3sc4c(c23)CCC4)CC1. The minimum absolute atomic E-state index is 0.275. The van der Waals surface area contributed by atoms with E-state index in [0.29, 0.717) is 6.04 Å². The number of ether oxygens (including phenoxy) is 1. The second kappa shape index (κ2) is 8.41. The Balaban J connectivity index is 1.24. The van der Waals surface area contributed by atoms with Gasteiger partial charge in [-0.05, 0) is 62.6 Å². The van der Waals surface area contributed by atoms with Crippen molar-refractivity contribution in [3.63, 3.8) is 0 Å². The highest BCUT2D eigenvalue weighted by Gasteiger charge is 2.28. The van der Waals surface area contributed by atoms with Crippen LogP contribution in [0.3, 0.4) is 0 Å². The van der Waals surface area contributed by atoms with Crippen molar-refractivity contribution in [2.24, 2.45) is 0 Å². The second-order valence-electron chi connectivity index (χ2n) is 8.31. The first-order valence-corrected chi connectivity index (χ1v) is 11.8. The lowest BCUT2D eigenvalue weighted by Gasteiger charge is -2.36. The van der Waals surface area contributed by atoms with Gasteiger partial charge in [0.05, 0.1) is 5.39 Å². The highest BCUT2D eigenvalue weighted by Crippen LogP contribution is 2.40. The van der Waals surface area contributed by atoms with E-state index in [0.717, 1.165) is 43.1 Å². The highest BCUT2D eigenvalue weighted by atomic mass is 32.1. The lowest BCUT2D eigenvalue weighted by molar-refractivity contribution is 0.0850. The minimum Gasteiger partial charge on any atom is -0.474 e. The maximum atomic E-state index is 6.47. The van der Waals surface area contributed by atoms with Gasteiger partial charge in [-0.25, -0.2) is 9.97 Å². The zero-order valence-corrected chi connectivity index (χ0v) is 18.0. The highest BCUT2D eigenvalue weighted by molar-refractivity contribution is 7.18. The molecule has 0 amide bonds. The molecule has 5 rings (SSSR count). The molecule has 2 aliphatic rings. The molecule has 0 unspecified atom stereocenters. The van der Waals surface area contributed by atoms with Gasteiger partial charge in [0, 0.05) is 17.5 Å². The Morgan fingerprint density at radius 3 is 2.69 bits per heavy atom. The number of thiophene rings is 1. The standard InChI is InChI=1S/C24H29N3OS/c1-2-27(15-17-7-4-3-5-8-17)18-11-13-19(14-12-18)28-23-22-20-9-6-10-21(20)29-24(22)26-16-25-23/h3-5,7-8,16,18-19H,2,6,9-15H2,1H3. The van der Waals surface area contributed by atoms with E-state index in [1.165, 1.54) is 47.1 Å². The molecule has 152 valence electrons. The summed E-state index contributed by atoms with van der Waals surface area (Å²) in [6.45, 7) is 4.42. The average molecular weight is 408 g/mol. The maximum absolute atomic E-state index is 6.47. The normalized spacial score (nSPS) is 21.6. The van der Waals surface area contributed by atoms with Gasteiger partial charge in [0.25, 0.3) is 0 Å². The summed E-state index contributed by atoms with van der Waals surface area (Å²) in [4.78, 5) is 14.3. The van der Waals surface area contributed by atoms with Crippen molar-refractivity contribution in [1.82, 2.24) is 14.9 Å². The lowest BCUT2D eigenvalue weighted by atomic mass is 9.91. The van der Waals surface area contributed by atoms with Gasteiger partial charge in [-0.2, -0.15) is 0 Å². The van der Waals surface area contributed by atoms with Crippen LogP contribution in [0.2, 0.25) is 0 Å². The summed E-state index contributed by atoms with van der Waals surface area (Å²) in [5.41, 5.74) is 2.86. The van der Waals surface area contributed by atoms with Crippen LogP contribution in [0, 0.1) is 0 Å². The van der Waals surface area contributed by atoms with E-state index in [1.54, 1.807) is 6.33 Å². The fraction of sp³-hybridized carbons (Fsp3) is 0.500. The molecule has 2 aromatic heterocycles. The average Bonchev–Trinajstić information content (AvgIpc) is 3.35. The molecule has 0 aliphatic heterocycles. The Bertz CT molecular complexity index is 963. The van der Waals surface area contributed by atoms with Crippen molar-refractivity contribution in [2.75, 3.05) is 6.54 Å². The first kappa shape index (κ1) is 19.0. The monoisotopic (exact) mass is 407 g/mol. The summed E-state index contributed by atoms with van der Waals surface area (Å²) in [7, 11) is 0. The first-order valence-electron chi connectivity index (χ1n) is 11.0. The van der Waals surface area contributed by atoms with E-state index in [-0.39, 0.29) is 6.10 Å². The Hall–Kier alpha value is -1.98. The predicted octanol–water partition coefficient (Wildman–Crippen LogP) is 5.39. The summed E-state index contributed by atoms with van der Waals surface area (Å²) >= 11 is 1.83. The molecular weight excluding hydrogens is 378 g/mol. The third-order valence-electron chi connectivity index (χ3n) is 6.54. The van der Waals surface area contributed by atoms with Crippen LogP contribution in [0.4, 0.5) is 0 Å². The fourth-order valence-corrected chi connectivity index (χ4v) is 6.21. The van der Waals surface area contributed by atoms with Crippen molar-refractivity contribution >= 4 is 21.6 Å². The molecule has 29 heavy (non-hydrogen) atoms. The number of fused-ring (bicyclic) bond motifs is 3. The molecular formula is C24H29N3OS. The van der Waals surface area contributed by atoms with Gasteiger partial charge >= 0.3 is 0 Å². The van der Waals surface area contributed by atoms with Gasteiger partial charge < -0.3 is 4.74 Å². The number of aromatic nitrogens is 2. The zero-order chi connectivity index (χ0) is 19.6. The van der Waals surface area contributed by atoms with Crippen LogP contribution in [0.5, 0.6) is 5.88 Å². The van der Waals surface area contributed by atoms with Crippen LogP contribution in [-0.2, 0) is 19.4 Å². The predicted molar refractivity (Wildman–Crippen MR) is 119 cm³/mol. The van der Waals surface area contributed by atoms with E-state index in [4.69, 9.17) is 4.74 Å². The Morgan fingerprint density at radius 1 is 1.07 bits per heavy atom. The first-order chi connectivity index (χ1) is 14.3. The van der Waals surface area contributed by atoms with Crippen molar-refractivity contribution in [1.29, 1.82) is 0 Å². The molecule has 0 atom stereocenters. The number of hydrogen-bond acceptors (Lipinski definition) is 5. The Labute approximate surface area is 176 Å². The van der Waals surface area contributed by atoms with Crippen molar-refractivity contribution in [2.45, 2.75) is 70.6 Å². The largest absolute Gasteiger partial charge is 0.474 e. The van der Waals surface area contributed by atoms with Crippen LogP contribution < -0.4 is 4.74 Å². The third kappa shape index (κ3) is 3.90. The summed E-state index contributed by atoms with van der Waals surface area (Å²) < 4.78 is 6.47. The van der Waals surface area contributed by atoms with Crippen LogP contribution in [0.25, 0.3) is 10.2 Å². The minimum atomic E-state index is 0.275. The van der Waals surface area contributed by atoms with E-state index in [9.17, 15) is 0 Å². The number of nitrogens with zero attached hydrogens (tertiary/aromatic N) is 3. The van der Waals surface area contributed by atoms with Crippen molar-refractivity contribution < 1.29 is 4.74 Å². The maximum Gasteiger partial charge on any atom is 0.225 e. The van der Waals surface area contributed by atoms with Gasteiger partial charge in [-0.15, -0.1) is 11.3 Å². The molecule has 1 fully saturated rings. The Morgan fingerprint density at radius 2 is 1.90 bits per heavy atom. The van der Waals surface area contributed by atoms with E-state index in [2.05, 4.69) is 52.1 Å². The van der Waals surface area contributed by atoms with Gasteiger partial charge in [-0.3, -0.25) is 4.90 Å². The quantitative estimate of drug-likeness (QED) is 0.549. The summed E-state index contributed by atoms with van der Waals surface area (Å²) in [6, 6.07) is 11.5. The van der Waals surface area contributed by atoms with E-state index >= 15 is 0 Å². The van der Waals surface area contributed by atoms with Gasteiger partial charge in [0.2, 0.25) is 5.88 Å². The van der Waals surface area contributed by atoms with Crippen molar-refractivity contribution in [3.05, 3.63) is 52.7 Å². The Kier molecular flexibility index (Phi) is 5.51. The van der Waals surface area contributed by atoms with Crippen LogP contribution in [-0.4, -0.2) is 33.6 Å². The van der Waals surface area contributed by atoms with Crippen molar-refractivity contribution in [3.8, 4) is 5.88 Å². The molecule has 0 bridgehead atoms. The number of hydrogen-bond donors (Lipinski definition) is 0. The third-order valence-corrected chi connectivity index (χ3v) is 7.74. The molecule has 3 aromatic rings. The molecule has 0 N–H and O–H groups in total. The smallest absolute Gasteiger partial charge is 0.225 e. The fourth-order valence-electron chi connectivity index (χ4n) is 4.99. The number of aryl methyl sites for hydroxylation is 2. The topological polar surface area (TPSA) is 38.2 Å². The molecule has 4 nitrogen and oxygen atoms in total. The zero-order valence-electron chi connectivity index (χ0n) is 17.1. The van der Waals surface area contributed by atoms with Crippen LogP contribution >= 0.6 is 11.3 Å². The molecule has 5 heteroatoms. The molecule has 0 radical (unpaired) electrons. The lowest BCUT2D eigenvalue weighted by Crippen LogP contribution is -2.39. The molecule has 2 aliphatic carbocycles. The number of rotatable bonds is 6. The summed E-state index contributed by atoms with van der Waals surface area (Å²) in [5.74, 6) is 0.828. The molecule has 1 aromatic carbocycles. The van der Waals surface area contributed by atoms with Gasteiger partial charge in [0.1, 0.15) is 17.3 Å². The summed E-state index contributed by atoms with van der Waals surface area (Å²) in [5, 5.41) is 1.20. The molecule has 2 heterocycles. The molecule has 0 saturated heterocycles. The van der Waals surface area contributed by atoms with Gasteiger partial charge in [-0.1, -0.05) is 37.3 Å². The molecule has 1 saturated carbocycles. The second-order valence-corrected chi connectivity index (χ2v) is 9.40. The van der Waals surface area contributed by atoms with E-state index < -0.39 is 0 Å². The number of benzene rings is 1. The van der Waals surface area contributed by atoms with E-state index in [1.807, 2.05) is 11.3 Å². The van der Waals surface area contributed by atoms with Crippen LogP contribution in [0.1, 0.15) is 55.0 Å². The van der Waals surface area contributed by atoms with Gasteiger partial charge in [0.15, 0.2) is 0 Å². The summed E-state index contributed by atoms with van der Waals surface area (Å²) in [6.07, 6.45) is 10.1.